The van der Waals surface area contributed by atoms with Gasteiger partial charge in [0.1, 0.15) is 5.56 Å². The third-order valence-electron chi connectivity index (χ3n) is 3.30. The fraction of sp³-hybridized carbons (Fsp3) is 0.500. The van der Waals surface area contributed by atoms with Crippen molar-refractivity contribution >= 4 is 17.3 Å². The van der Waals surface area contributed by atoms with Crippen molar-refractivity contribution in [2.45, 2.75) is 32.5 Å². The van der Waals surface area contributed by atoms with Gasteiger partial charge in [-0.15, -0.1) is 0 Å². The number of hydrogen-bond acceptors (Lipinski definition) is 5. The Morgan fingerprint density at radius 1 is 1.52 bits per heavy atom. The van der Waals surface area contributed by atoms with Crippen LogP contribution in [0.25, 0.3) is 0 Å². The van der Waals surface area contributed by atoms with Gasteiger partial charge in [-0.2, -0.15) is 0 Å². The number of nitrogens with two attached hydrogens (primary N) is 1. The molecule has 1 heterocycles. The Balaban J connectivity index is 2.36. The number of nitrogen functional groups attached to an aromatic ring is 1. The number of nitro benzene ring substituents is 1. The molecular formula is C14H19N3O4. The van der Waals surface area contributed by atoms with E-state index in [2.05, 4.69) is 0 Å². The zero-order chi connectivity index (χ0) is 15.8. The summed E-state index contributed by atoms with van der Waals surface area (Å²) in [7, 11) is 0. The molecule has 1 aromatic carbocycles. The molecule has 0 aromatic heterocycles. The number of nitro groups is 1. The number of benzene rings is 1. The summed E-state index contributed by atoms with van der Waals surface area (Å²) in [5, 5.41) is 11.1. The van der Waals surface area contributed by atoms with Crippen LogP contribution < -0.4 is 5.73 Å². The van der Waals surface area contributed by atoms with Crippen molar-refractivity contribution < 1.29 is 14.5 Å². The molecule has 1 aliphatic heterocycles. The van der Waals surface area contributed by atoms with Crippen molar-refractivity contribution in [2.24, 2.45) is 0 Å². The second kappa shape index (κ2) is 5.33. The highest BCUT2D eigenvalue weighted by Crippen LogP contribution is 2.27. The number of anilines is 1. The van der Waals surface area contributed by atoms with E-state index in [0.717, 1.165) is 0 Å². The van der Waals surface area contributed by atoms with E-state index in [1.54, 1.807) is 4.90 Å². The standard InChI is InChI=1S/C14H19N3O4/c1-9-7-16(8-14(2,3)21-9)13(18)11-6-10(15)4-5-12(11)17(19)20/h4-6,9H,7-8,15H2,1-3H3. The average Bonchev–Trinajstić information content (AvgIpc) is 2.34. The van der Waals surface area contributed by atoms with Gasteiger partial charge in [0.2, 0.25) is 0 Å². The number of nitrogens with zero attached hydrogens (tertiary/aromatic N) is 2. The smallest absolute Gasteiger partial charge is 0.282 e. The summed E-state index contributed by atoms with van der Waals surface area (Å²) in [6.45, 7) is 6.42. The zero-order valence-electron chi connectivity index (χ0n) is 12.3. The van der Waals surface area contributed by atoms with Crippen LogP contribution in [0.15, 0.2) is 18.2 Å². The molecule has 1 amide bonds. The van der Waals surface area contributed by atoms with Crippen LogP contribution in [0.4, 0.5) is 11.4 Å². The number of rotatable bonds is 2. The van der Waals surface area contributed by atoms with E-state index in [-0.39, 0.29) is 17.4 Å². The fourth-order valence-electron chi connectivity index (χ4n) is 2.66. The summed E-state index contributed by atoms with van der Waals surface area (Å²) in [6, 6.07) is 4.03. The topological polar surface area (TPSA) is 98.7 Å². The van der Waals surface area contributed by atoms with Gasteiger partial charge in [-0.3, -0.25) is 14.9 Å². The first-order chi connectivity index (χ1) is 9.69. The average molecular weight is 293 g/mol. The number of carbonyl (C=O) groups is 1. The molecule has 2 rings (SSSR count). The Hall–Kier alpha value is -2.15. The number of carbonyl (C=O) groups excluding carboxylic acids is 1. The lowest BCUT2D eigenvalue weighted by Gasteiger charge is -2.41. The van der Waals surface area contributed by atoms with Crippen LogP contribution >= 0.6 is 0 Å². The molecule has 1 aliphatic rings. The molecule has 1 atom stereocenters. The molecule has 7 heteroatoms. The summed E-state index contributed by atoms with van der Waals surface area (Å²) >= 11 is 0. The molecule has 1 aromatic rings. The molecule has 0 spiro atoms. The molecule has 21 heavy (non-hydrogen) atoms. The molecule has 1 fully saturated rings. The van der Waals surface area contributed by atoms with Crippen molar-refractivity contribution in [1.29, 1.82) is 0 Å². The minimum atomic E-state index is -0.568. The summed E-state index contributed by atoms with van der Waals surface area (Å²) in [5.74, 6) is -0.391. The lowest BCUT2D eigenvalue weighted by molar-refractivity contribution is -0.385. The Bertz CT molecular complexity index is 586. The normalized spacial score (nSPS) is 21.1. The van der Waals surface area contributed by atoms with E-state index in [4.69, 9.17) is 10.5 Å². The SMILES string of the molecule is CC1CN(C(=O)c2cc(N)ccc2[N+](=O)[O-])CC(C)(C)O1. The third kappa shape index (κ3) is 3.30. The monoisotopic (exact) mass is 293 g/mol. The summed E-state index contributed by atoms with van der Waals surface area (Å²) in [6.07, 6.45) is -0.127. The summed E-state index contributed by atoms with van der Waals surface area (Å²) in [4.78, 5) is 24.7. The van der Waals surface area contributed by atoms with Crippen LogP contribution in [0.5, 0.6) is 0 Å². The van der Waals surface area contributed by atoms with E-state index in [0.29, 0.717) is 18.8 Å². The largest absolute Gasteiger partial charge is 0.399 e. The molecular weight excluding hydrogens is 274 g/mol. The van der Waals surface area contributed by atoms with Crippen LogP contribution in [-0.4, -0.2) is 40.5 Å². The van der Waals surface area contributed by atoms with Crippen LogP contribution in [0.1, 0.15) is 31.1 Å². The molecule has 0 radical (unpaired) electrons. The van der Waals surface area contributed by atoms with Gasteiger partial charge in [-0.25, -0.2) is 0 Å². The van der Waals surface area contributed by atoms with Gasteiger partial charge in [0.15, 0.2) is 0 Å². The maximum atomic E-state index is 12.6. The first kappa shape index (κ1) is 15.2. The van der Waals surface area contributed by atoms with Gasteiger partial charge in [-0.05, 0) is 32.9 Å². The maximum Gasteiger partial charge on any atom is 0.282 e. The van der Waals surface area contributed by atoms with Crippen LogP contribution in [0.3, 0.4) is 0 Å². The Labute approximate surface area is 122 Å². The van der Waals surface area contributed by atoms with Gasteiger partial charge in [0.05, 0.1) is 16.6 Å². The van der Waals surface area contributed by atoms with Gasteiger partial charge >= 0.3 is 0 Å². The van der Waals surface area contributed by atoms with E-state index in [1.165, 1.54) is 18.2 Å². The van der Waals surface area contributed by atoms with Crippen molar-refractivity contribution in [2.75, 3.05) is 18.8 Å². The highest BCUT2D eigenvalue weighted by atomic mass is 16.6. The number of morpholine rings is 1. The van der Waals surface area contributed by atoms with Crippen LogP contribution in [0.2, 0.25) is 0 Å². The van der Waals surface area contributed by atoms with Gasteiger partial charge in [0, 0.05) is 24.8 Å². The molecule has 1 unspecified atom stereocenters. The van der Waals surface area contributed by atoms with Crippen molar-refractivity contribution in [3.63, 3.8) is 0 Å². The van der Waals surface area contributed by atoms with E-state index in [1.807, 2.05) is 20.8 Å². The molecule has 114 valence electrons. The lowest BCUT2D eigenvalue weighted by Crippen LogP contribution is -2.53. The van der Waals surface area contributed by atoms with Crippen LogP contribution in [0, 0.1) is 10.1 Å². The molecule has 0 saturated carbocycles. The highest BCUT2D eigenvalue weighted by molar-refractivity contribution is 5.99. The van der Waals surface area contributed by atoms with Crippen molar-refractivity contribution in [3.8, 4) is 0 Å². The first-order valence-corrected chi connectivity index (χ1v) is 6.70. The quantitative estimate of drug-likeness (QED) is 0.509. The predicted molar refractivity (Wildman–Crippen MR) is 78.0 cm³/mol. The molecule has 1 saturated heterocycles. The summed E-state index contributed by atoms with van der Waals surface area (Å²) < 4.78 is 5.74. The van der Waals surface area contributed by atoms with E-state index >= 15 is 0 Å². The number of ether oxygens (including phenoxy) is 1. The second-order valence-corrected chi connectivity index (χ2v) is 5.91. The Morgan fingerprint density at radius 2 is 2.19 bits per heavy atom. The minimum Gasteiger partial charge on any atom is -0.399 e. The Morgan fingerprint density at radius 3 is 2.76 bits per heavy atom. The predicted octanol–water partition coefficient (Wildman–Crippen LogP) is 1.82. The number of hydrogen-bond donors (Lipinski definition) is 1. The first-order valence-electron chi connectivity index (χ1n) is 6.70. The number of amides is 1. The third-order valence-corrected chi connectivity index (χ3v) is 3.30. The Kier molecular flexibility index (Phi) is 3.87. The van der Waals surface area contributed by atoms with E-state index in [9.17, 15) is 14.9 Å². The summed E-state index contributed by atoms with van der Waals surface area (Å²) in [5.41, 5.74) is 5.29. The molecule has 2 N–H and O–H groups in total. The fourth-order valence-corrected chi connectivity index (χ4v) is 2.66. The van der Waals surface area contributed by atoms with Gasteiger partial charge in [-0.1, -0.05) is 0 Å². The van der Waals surface area contributed by atoms with E-state index < -0.39 is 16.4 Å². The van der Waals surface area contributed by atoms with Crippen molar-refractivity contribution in [3.05, 3.63) is 33.9 Å². The minimum absolute atomic E-state index is 0.0184. The van der Waals surface area contributed by atoms with Crippen molar-refractivity contribution in [1.82, 2.24) is 4.90 Å². The lowest BCUT2D eigenvalue weighted by atomic mass is 10.0. The highest BCUT2D eigenvalue weighted by Gasteiger charge is 2.35. The van der Waals surface area contributed by atoms with Gasteiger partial charge < -0.3 is 15.4 Å². The molecule has 7 nitrogen and oxygen atoms in total. The second-order valence-electron chi connectivity index (χ2n) is 5.91. The van der Waals surface area contributed by atoms with Crippen LogP contribution in [-0.2, 0) is 4.74 Å². The molecule has 0 bridgehead atoms. The maximum absolute atomic E-state index is 12.6. The zero-order valence-corrected chi connectivity index (χ0v) is 12.3. The molecule has 0 aliphatic carbocycles. The van der Waals surface area contributed by atoms with Gasteiger partial charge in [0.25, 0.3) is 11.6 Å².